The van der Waals surface area contributed by atoms with E-state index in [0.29, 0.717) is 0 Å². The minimum atomic E-state index is -1.14. The molecule has 0 unspecified atom stereocenters. The molecule has 0 bridgehead atoms. The fourth-order valence-corrected chi connectivity index (χ4v) is 12.6. The first kappa shape index (κ1) is 29.4. The first-order valence-corrected chi connectivity index (χ1v) is 16.3. The van der Waals surface area contributed by atoms with Crippen LogP contribution >= 0.6 is 7.26 Å². The fraction of sp³-hybridized carbons (Fsp3) is 1.00. The summed E-state index contributed by atoms with van der Waals surface area (Å²) in [6.07, 6.45) is 26.6. The Morgan fingerprint density at radius 3 is 0.862 bits per heavy atom. The zero-order valence-corrected chi connectivity index (χ0v) is 23.0. The Bertz CT molecular complexity index is 309. The summed E-state index contributed by atoms with van der Waals surface area (Å²) in [5.74, 6) is 0. The third-order valence-electron chi connectivity index (χ3n) is 7.94. The Hall–Kier alpha value is 0.430. The fourth-order valence-electron chi connectivity index (χ4n) is 6.02. The van der Waals surface area contributed by atoms with Gasteiger partial charge in [-0.05, 0) is 0 Å². The Balaban J connectivity index is 3.51. The molecule has 1 heteroatoms. The third kappa shape index (κ3) is 13.4. The van der Waals surface area contributed by atoms with Crippen LogP contribution in [0.1, 0.15) is 158 Å². The molecular weight excluding hydrogens is 367 g/mol. The van der Waals surface area contributed by atoms with E-state index >= 15 is 0 Å². The maximum absolute atomic E-state index is 2.51. The predicted octanol–water partition coefficient (Wildman–Crippen LogP) is 10.6. The molecule has 0 radical (unpaired) electrons. The maximum atomic E-state index is 2.51. The number of unbranched alkanes of at least 4 members (excludes halogenated alkanes) is 16. The van der Waals surface area contributed by atoms with Crippen molar-refractivity contribution in [3.05, 3.63) is 0 Å². The van der Waals surface area contributed by atoms with E-state index in [0.717, 1.165) is 17.0 Å². The monoisotopic (exact) mass is 428 g/mol. The van der Waals surface area contributed by atoms with Crippen molar-refractivity contribution in [1.82, 2.24) is 0 Å². The molecule has 0 fully saturated rings. The second-order valence-corrected chi connectivity index (χ2v) is 17.2. The van der Waals surface area contributed by atoms with E-state index in [1.165, 1.54) is 109 Å². The summed E-state index contributed by atoms with van der Waals surface area (Å²) in [4.78, 5) is 0. The van der Waals surface area contributed by atoms with Crippen LogP contribution in [0.2, 0.25) is 0 Å². The van der Waals surface area contributed by atoms with Crippen LogP contribution in [0.3, 0.4) is 0 Å². The van der Waals surface area contributed by atoms with E-state index in [1.54, 1.807) is 6.16 Å². The summed E-state index contributed by atoms with van der Waals surface area (Å²) in [7, 11) is -1.14. The summed E-state index contributed by atoms with van der Waals surface area (Å²) < 4.78 is 0. The summed E-state index contributed by atoms with van der Waals surface area (Å²) in [5.41, 5.74) is 2.80. The van der Waals surface area contributed by atoms with Crippen molar-refractivity contribution in [2.24, 2.45) is 0 Å². The van der Waals surface area contributed by atoms with E-state index in [-0.39, 0.29) is 0 Å². The molecule has 0 rings (SSSR count). The Morgan fingerprint density at radius 1 is 0.379 bits per heavy atom. The van der Waals surface area contributed by atoms with E-state index in [2.05, 4.69) is 48.5 Å². The van der Waals surface area contributed by atoms with E-state index in [1.807, 2.05) is 0 Å². The topological polar surface area (TPSA) is 0 Å². The zero-order valence-electron chi connectivity index (χ0n) is 22.0. The summed E-state index contributed by atoms with van der Waals surface area (Å²) >= 11 is 0. The van der Waals surface area contributed by atoms with Crippen LogP contribution < -0.4 is 0 Å². The summed E-state index contributed by atoms with van der Waals surface area (Å²) in [6, 6.07) is 0. The van der Waals surface area contributed by atoms with Gasteiger partial charge in [-0.15, -0.1) is 0 Å². The van der Waals surface area contributed by atoms with Crippen LogP contribution in [0.25, 0.3) is 0 Å². The van der Waals surface area contributed by atoms with Gasteiger partial charge in [0.1, 0.15) is 0 Å². The molecule has 29 heavy (non-hydrogen) atoms. The first-order valence-electron chi connectivity index (χ1n) is 13.9. The van der Waals surface area contributed by atoms with Crippen LogP contribution in [0.5, 0.6) is 0 Å². The molecule has 0 aromatic carbocycles. The molecule has 178 valence electrons. The molecule has 0 aliphatic heterocycles. The molecule has 0 atom stereocenters. The molecule has 0 aromatic heterocycles. The van der Waals surface area contributed by atoms with Crippen LogP contribution in [-0.4, -0.2) is 23.1 Å². The standard InChI is InChI=1S/C28H61P/c1-8-9-10-11-12-13-14-15-16-17-18-19-20-21-22-23-24-25-29(26(2)3,27(4)5)28(6)7/h26-29H,8-25H2,1-7H3. The molecule has 0 aliphatic carbocycles. The van der Waals surface area contributed by atoms with Gasteiger partial charge in [0, 0.05) is 0 Å². The van der Waals surface area contributed by atoms with E-state index in [9.17, 15) is 0 Å². The van der Waals surface area contributed by atoms with Gasteiger partial charge in [0.15, 0.2) is 0 Å². The van der Waals surface area contributed by atoms with Crippen LogP contribution in [0.15, 0.2) is 0 Å². The van der Waals surface area contributed by atoms with Gasteiger partial charge in [-0.25, -0.2) is 0 Å². The summed E-state index contributed by atoms with van der Waals surface area (Å²) in [5, 5.41) is 0. The molecule has 0 amide bonds. The molecule has 0 spiro atoms. The van der Waals surface area contributed by atoms with Gasteiger partial charge in [-0.3, -0.25) is 0 Å². The number of rotatable bonds is 21. The van der Waals surface area contributed by atoms with Crippen LogP contribution in [0.4, 0.5) is 0 Å². The van der Waals surface area contributed by atoms with Crippen molar-refractivity contribution in [2.75, 3.05) is 6.16 Å². The van der Waals surface area contributed by atoms with Crippen molar-refractivity contribution >= 4 is 7.26 Å². The van der Waals surface area contributed by atoms with Gasteiger partial charge in [0.05, 0.1) is 0 Å². The van der Waals surface area contributed by atoms with E-state index < -0.39 is 7.26 Å². The van der Waals surface area contributed by atoms with Crippen molar-refractivity contribution in [3.63, 3.8) is 0 Å². The Labute approximate surface area is 188 Å². The average Bonchev–Trinajstić information content (AvgIpc) is 2.66. The third-order valence-corrected chi connectivity index (χ3v) is 15.6. The predicted molar refractivity (Wildman–Crippen MR) is 143 cm³/mol. The van der Waals surface area contributed by atoms with Gasteiger partial charge in [0.25, 0.3) is 0 Å². The van der Waals surface area contributed by atoms with Gasteiger partial charge >= 0.3 is 143 Å². The second-order valence-electron chi connectivity index (χ2n) is 11.0. The van der Waals surface area contributed by atoms with Crippen molar-refractivity contribution in [3.8, 4) is 0 Å². The van der Waals surface area contributed by atoms with Crippen molar-refractivity contribution in [2.45, 2.75) is 175 Å². The molecule has 0 aliphatic rings. The molecule has 0 nitrogen and oxygen atoms in total. The molecule has 0 aromatic rings. The van der Waals surface area contributed by atoms with Crippen LogP contribution in [-0.2, 0) is 0 Å². The number of hydrogen-bond acceptors (Lipinski definition) is 0. The van der Waals surface area contributed by atoms with Gasteiger partial charge in [-0.1, -0.05) is 45.4 Å². The molecule has 0 saturated heterocycles. The molecule has 0 heterocycles. The summed E-state index contributed by atoms with van der Waals surface area (Å²) in [6.45, 7) is 17.4. The first-order chi connectivity index (χ1) is 13.9. The Morgan fingerprint density at radius 2 is 0.621 bits per heavy atom. The molecule has 0 saturated carbocycles. The Kier molecular flexibility index (Phi) is 19.4. The zero-order chi connectivity index (χ0) is 22.0. The number of hydrogen-bond donors (Lipinski definition) is 0. The van der Waals surface area contributed by atoms with Gasteiger partial charge < -0.3 is 0 Å². The van der Waals surface area contributed by atoms with Crippen molar-refractivity contribution < 1.29 is 0 Å². The second kappa shape index (κ2) is 19.1. The quantitative estimate of drug-likeness (QED) is 0.126. The SMILES string of the molecule is CCCCCCCCCCCCCCCCCCC[PH](C(C)C)(C(C)C)C(C)C. The molecular formula is C28H61P. The van der Waals surface area contributed by atoms with Gasteiger partial charge in [-0.2, -0.15) is 0 Å². The van der Waals surface area contributed by atoms with Crippen molar-refractivity contribution in [1.29, 1.82) is 0 Å². The normalized spacial score (nSPS) is 13.2. The van der Waals surface area contributed by atoms with Crippen LogP contribution in [0, 0.1) is 0 Å². The van der Waals surface area contributed by atoms with E-state index in [4.69, 9.17) is 0 Å². The average molecular weight is 429 g/mol. The molecule has 0 N–H and O–H groups in total. The van der Waals surface area contributed by atoms with Gasteiger partial charge in [0.2, 0.25) is 0 Å². The minimum absolute atomic E-state index is 0.934.